The predicted octanol–water partition coefficient (Wildman–Crippen LogP) is 3.20. The molecule has 0 saturated carbocycles. The molecule has 2 aromatic carbocycles. The van der Waals surface area contributed by atoms with E-state index in [1.54, 1.807) is 13.0 Å². The summed E-state index contributed by atoms with van der Waals surface area (Å²) in [4.78, 5) is 22.2. The minimum atomic E-state index is -1.20. The van der Waals surface area contributed by atoms with Gasteiger partial charge in [0, 0.05) is 5.56 Å². The first-order chi connectivity index (χ1) is 9.40. The summed E-state index contributed by atoms with van der Waals surface area (Å²) >= 11 is 0. The number of hydrogen-bond donors (Lipinski definition) is 2. The van der Waals surface area contributed by atoms with Crippen molar-refractivity contribution < 1.29 is 24.2 Å². The van der Waals surface area contributed by atoms with Crippen LogP contribution in [0.2, 0.25) is 0 Å². The SMILES string of the molecule is Cc1ccc(-c2cc(C(=O)O)ccc2F)c(C(=O)O)c1. The maximum absolute atomic E-state index is 13.9. The van der Waals surface area contributed by atoms with E-state index in [1.807, 2.05) is 0 Å². The van der Waals surface area contributed by atoms with Crippen LogP contribution in [0.3, 0.4) is 0 Å². The van der Waals surface area contributed by atoms with Crippen molar-refractivity contribution in [1.29, 1.82) is 0 Å². The smallest absolute Gasteiger partial charge is 0.336 e. The summed E-state index contributed by atoms with van der Waals surface area (Å²) in [6.45, 7) is 1.72. The highest BCUT2D eigenvalue weighted by atomic mass is 19.1. The quantitative estimate of drug-likeness (QED) is 0.901. The Kier molecular flexibility index (Phi) is 3.52. The van der Waals surface area contributed by atoms with E-state index >= 15 is 0 Å². The van der Waals surface area contributed by atoms with E-state index in [0.29, 0.717) is 0 Å². The molecule has 0 aliphatic carbocycles. The van der Waals surface area contributed by atoms with Crippen molar-refractivity contribution in [3.63, 3.8) is 0 Å². The molecule has 0 aliphatic heterocycles. The molecule has 2 N–H and O–H groups in total. The number of aromatic carboxylic acids is 2. The summed E-state index contributed by atoms with van der Waals surface area (Å²) in [6.07, 6.45) is 0. The first-order valence-corrected chi connectivity index (χ1v) is 5.77. The van der Waals surface area contributed by atoms with Crippen molar-refractivity contribution >= 4 is 11.9 Å². The fraction of sp³-hybridized carbons (Fsp3) is 0.0667. The molecule has 0 radical (unpaired) electrons. The summed E-state index contributed by atoms with van der Waals surface area (Å²) in [5.74, 6) is -3.06. The van der Waals surface area contributed by atoms with Gasteiger partial charge in [-0.3, -0.25) is 0 Å². The minimum Gasteiger partial charge on any atom is -0.478 e. The number of rotatable bonds is 3. The lowest BCUT2D eigenvalue weighted by Crippen LogP contribution is -2.03. The van der Waals surface area contributed by atoms with Gasteiger partial charge in [0.2, 0.25) is 0 Å². The molecule has 4 nitrogen and oxygen atoms in total. The van der Waals surface area contributed by atoms with Gasteiger partial charge in [-0.1, -0.05) is 17.7 Å². The van der Waals surface area contributed by atoms with E-state index in [4.69, 9.17) is 5.11 Å². The van der Waals surface area contributed by atoms with Crippen LogP contribution in [0.5, 0.6) is 0 Å². The molecule has 0 heterocycles. The summed E-state index contributed by atoms with van der Waals surface area (Å²) in [5, 5.41) is 18.1. The van der Waals surface area contributed by atoms with Crippen LogP contribution in [0.25, 0.3) is 11.1 Å². The van der Waals surface area contributed by atoms with Crippen molar-refractivity contribution in [3.05, 3.63) is 58.9 Å². The van der Waals surface area contributed by atoms with Crippen LogP contribution in [0.4, 0.5) is 4.39 Å². The Labute approximate surface area is 114 Å². The third-order valence-corrected chi connectivity index (χ3v) is 2.91. The van der Waals surface area contributed by atoms with Crippen LogP contribution in [-0.2, 0) is 0 Å². The molecule has 0 spiro atoms. The van der Waals surface area contributed by atoms with Gasteiger partial charge in [0.1, 0.15) is 5.82 Å². The zero-order valence-corrected chi connectivity index (χ0v) is 10.6. The molecule has 2 aromatic rings. The lowest BCUT2D eigenvalue weighted by atomic mass is 9.96. The van der Waals surface area contributed by atoms with Crippen LogP contribution in [-0.4, -0.2) is 22.2 Å². The van der Waals surface area contributed by atoms with Crippen LogP contribution in [0, 0.1) is 12.7 Å². The van der Waals surface area contributed by atoms with E-state index in [2.05, 4.69) is 0 Å². The molecule has 102 valence electrons. The minimum absolute atomic E-state index is 0.0395. The largest absolute Gasteiger partial charge is 0.478 e. The van der Waals surface area contributed by atoms with Gasteiger partial charge in [-0.15, -0.1) is 0 Å². The number of halogens is 1. The third kappa shape index (κ3) is 2.51. The monoisotopic (exact) mass is 274 g/mol. The van der Waals surface area contributed by atoms with Gasteiger partial charge in [-0.25, -0.2) is 14.0 Å². The van der Waals surface area contributed by atoms with Gasteiger partial charge in [0.25, 0.3) is 0 Å². The Morgan fingerprint density at radius 2 is 1.65 bits per heavy atom. The summed E-state index contributed by atoms with van der Waals surface area (Å²) in [7, 11) is 0. The van der Waals surface area contributed by atoms with Crippen LogP contribution >= 0.6 is 0 Å². The van der Waals surface area contributed by atoms with Crippen LogP contribution in [0.15, 0.2) is 36.4 Å². The van der Waals surface area contributed by atoms with Crippen molar-refractivity contribution in [3.8, 4) is 11.1 Å². The molecular weight excluding hydrogens is 263 g/mol. The third-order valence-electron chi connectivity index (χ3n) is 2.91. The number of carboxylic acids is 2. The van der Waals surface area contributed by atoms with Gasteiger partial charge in [0.15, 0.2) is 0 Å². The molecule has 0 unspecified atom stereocenters. The fourth-order valence-corrected chi connectivity index (χ4v) is 1.93. The zero-order chi connectivity index (χ0) is 14.9. The standard InChI is InChI=1S/C15H11FO4/c1-8-2-4-10(12(6-8)15(19)20)11-7-9(14(17)18)3-5-13(11)16/h2-7H,1H3,(H,17,18)(H,19,20). The van der Waals surface area contributed by atoms with E-state index in [-0.39, 0.29) is 22.3 Å². The number of aryl methyl sites for hydroxylation is 1. The van der Waals surface area contributed by atoms with Gasteiger partial charge in [-0.2, -0.15) is 0 Å². The second kappa shape index (κ2) is 5.13. The van der Waals surface area contributed by atoms with Gasteiger partial charge >= 0.3 is 11.9 Å². The Bertz CT molecular complexity index is 707. The Morgan fingerprint density at radius 3 is 2.25 bits per heavy atom. The highest BCUT2D eigenvalue weighted by molar-refractivity contribution is 5.97. The first-order valence-electron chi connectivity index (χ1n) is 5.77. The summed E-state index contributed by atoms with van der Waals surface area (Å²) < 4.78 is 13.9. The van der Waals surface area contributed by atoms with Crippen molar-refractivity contribution in [2.45, 2.75) is 6.92 Å². The summed E-state index contributed by atoms with van der Waals surface area (Å²) in [5.41, 5.74) is 0.677. The summed E-state index contributed by atoms with van der Waals surface area (Å²) in [6, 6.07) is 7.83. The molecule has 20 heavy (non-hydrogen) atoms. The average molecular weight is 274 g/mol. The van der Waals surface area contributed by atoms with E-state index in [1.165, 1.54) is 12.1 Å². The fourth-order valence-electron chi connectivity index (χ4n) is 1.93. The van der Waals surface area contributed by atoms with E-state index < -0.39 is 17.8 Å². The normalized spacial score (nSPS) is 10.3. The molecule has 0 saturated heterocycles. The molecule has 0 aromatic heterocycles. The lowest BCUT2D eigenvalue weighted by molar-refractivity contribution is 0.0687. The van der Waals surface area contributed by atoms with Gasteiger partial charge < -0.3 is 10.2 Å². The maximum atomic E-state index is 13.9. The Balaban J connectivity index is 2.71. The van der Waals surface area contributed by atoms with Gasteiger partial charge in [-0.05, 0) is 36.8 Å². The number of benzene rings is 2. The molecule has 0 aliphatic rings. The molecular formula is C15H11FO4. The van der Waals surface area contributed by atoms with Crippen LogP contribution < -0.4 is 0 Å². The number of carboxylic acid groups (broad SMARTS) is 2. The molecule has 2 rings (SSSR count). The second-order valence-corrected chi connectivity index (χ2v) is 4.35. The topological polar surface area (TPSA) is 74.6 Å². The molecule has 0 amide bonds. The van der Waals surface area contributed by atoms with E-state index in [0.717, 1.165) is 23.8 Å². The van der Waals surface area contributed by atoms with Crippen molar-refractivity contribution in [2.75, 3.05) is 0 Å². The van der Waals surface area contributed by atoms with Crippen molar-refractivity contribution in [2.24, 2.45) is 0 Å². The Hall–Kier alpha value is -2.69. The predicted molar refractivity (Wildman–Crippen MR) is 70.5 cm³/mol. The van der Waals surface area contributed by atoms with E-state index in [9.17, 15) is 19.1 Å². The molecule has 5 heteroatoms. The van der Waals surface area contributed by atoms with Crippen molar-refractivity contribution in [1.82, 2.24) is 0 Å². The molecule has 0 bridgehead atoms. The number of hydrogen-bond acceptors (Lipinski definition) is 2. The lowest BCUT2D eigenvalue weighted by Gasteiger charge is -2.09. The number of carbonyl (C=O) groups is 2. The highest BCUT2D eigenvalue weighted by Gasteiger charge is 2.16. The maximum Gasteiger partial charge on any atom is 0.336 e. The zero-order valence-electron chi connectivity index (χ0n) is 10.6. The Morgan fingerprint density at radius 1 is 0.950 bits per heavy atom. The second-order valence-electron chi connectivity index (χ2n) is 4.35. The average Bonchev–Trinajstić information content (AvgIpc) is 2.39. The van der Waals surface area contributed by atoms with Crippen LogP contribution in [0.1, 0.15) is 26.3 Å². The molecule has 0 atom stereocenters. The molecule has 0 fully saturated rings. The highest BCUT2D eigenvalue weighted by Crippen LogP contribution is 2.28. The first kappa shape index (κ1) is 13.7. The van der Waals surface area contributed by atoms with Gasteiger partial charge in [0.05, 0.1) is 11.1 Å².